The number of nitrogens with one attached hydrogen (secondary N) is 1. The van der Waals surface area contributed by atoms with Crippen molar-refractivity contribution >= 4 is 11.3 Å². The summed E-state index contributed by atoms with van der Waals surface area (Å²) in [5.74, 6) is 0. The summed E-state index contributed by atoms with van der Waals surface area (Å²) in [4.78, 5) is 2.90. The van der Waals surface area contributed by atoms with Crippen molar-refractivity contribution in [2.75, 3.05) is 13.2 Å². The summed E-state index contributed by atoms with van der Waals surface area (Å²) < 4.78 is 6.03. The van der Waals surface area contributed by atoms with Gasteiger partial charge in [0.05, 0.1) is 12.1 Å². The maximum absolute atomic E-state index is 6.03. The van der Waals surface area contributed by atoms with Crippen LogP contribution in [0.25, 0.3) is 0 Å². The van der Waals surface area contributed by atoms with Gasteiger partial charge in [0.25, 0.3) is 0 Å². The van der Waals surface area contributed by atoms with Crippen LogP contribution in [0.3, 0.4) is 0 Å². The normalized spacial score (nSPS) is 21.9. The fourth-order valence-corrected chi connectivity index (χ4v) is 3.86. The van der Waals surface area contributed by atoms with Crippen LogP contribution in [0.1, 0.15) is 69.2 Å². The molecule has 3 heteroatoms. The second kappa shape index (κ2) is 7.06. The molecule has 2 nitrogen and oxygen atoms in total. The molecule has 0 spiro atoms. The van der Waals surface area contributed by atoms with Gasteiger partial charge >= 0.3 is 0 Å². The summed E-state index contributed by atoms with van der Waals surface area (Å²) >= 11 is 1.95. The van der Waals surface area contributed by atoms with Gasteiger partial charge in [-0.2, -0.15) is 0 Å². The molecule has 2 atom stereocenters. The second-order valence-electron chi connectivity index (χ2n) is 6.79. The third kappa shape index (κ3) is 4.06. The monoisotopic (exact) mass is 295 g/mol. The van der Waals surface area contributed by atoms with Crippen LogP contribution in [0.4, 0.5) is 0 Å². The molecule has 20 heavy (non-hydrogen) atoms. The number of hydrogen-bond acceptors (Lipinski definition) is 3. The van der Waals surface area contributed by atoms with Gasteiger partial charge in [0.15, 0.2) is 0 Å². The molecule has 0 aliphatic carbocycles. The van der Waals surface area contributed by atoms with Crippen molar-refractivity contribution in [3.63, 3.8) is 0 Å². The fourth-order valence-electron chi connectivity index (χ4n) is 2.67. The second-order valence-corrected chi connectivity index (χ2v) is 7.90. The number of thiophene rings is 1. The van der Waals surface area contributed by atoms with E-state index in [0.29, 0.717) is 12.1 Å². The molecule has 1 aromatic rings. The third-order valence-corrected chi connectivity index (χ3v) is 5.47. The average molecular weight is 295 g/mol. The quantitative estimate of drug-likeness (QED) is 0.853. The van der Waals surface area contributed by atoms with Crippen LogP contribution in [0.15, 0.2) is 12.1 Å². The lowest BCUT2D eigenvalue weighted by atomic mass is 9.95. The van der Waals surface area contributed by atoms with Gasteiger partial charge in [0.1, 0.15) is 0 Å². The van der Waals surface area contributed by atoms with Crippen molar-refractivity contribution in [2.45, 2.75) is 70.9 Å². The summed E-state index contributed by atoms with van der Waals surface area (Å²) in [6.45, 7) is 11.1. The SMILES string of the molecule is CCCNC(c1ccc(C(C)(C)C)s1)C1CCCCO1. The van der Waals surface area contributed by atoms with Gasteiger partial charge in [-0.05, 0) is 49.8 Å². The lowest BCUT2D eigenvalue weighted by Gasteiger charge is -2.30. The molecule has 1 aliphatic rings. The van der Waals surface area contributed by atoms with Crippen LogP contribution < -0.4 is 5.32 Å². The van der Waals surface area contributed by atoms with Crippen LogP contribution in [-0.2, 0) is 10.2 Å². The summed E-state index contributed by atoms with van der Waals surface area (Å²) in [6, 6.07) is 4.97. The first-order valence-electron chi connectivity index (χ1n) is 7.97. The van der Waals surface area contributed by atoms with E-state index in [-0.39, 0.29) is 5.41 Å². The zero-order valence-electron chi connectivity index (χ0n) is 13.4. The Labute approximate surface area is 127 Å². The highest BCUT2D eigenvalue weighted by atomic mass is 32.1. The molecule has 0 bridgehead atoms. The first-order chi connectivity index (χ1) is 9.52. The Morgan fingerprint density at radius 3 is 2.70 bits per heavy atom. The maximum atomic E-state index is 6.03. The van der Waals surface area contributed by atoms with Gasteiger partial charge in [-0.25, -0.2) is 0 Å². The van der Waals surface area contributed by atoms with E-state index in [9.17, 15) is 0 Å². The van der Waals surface area contributed by atoms with Crippen LogP contribution in [-0.4, -0.2) is 19.3 Å². The molecule has 0 saturated carbocycles. The van der Waals surface area contributed by atoms with Crippen molar-refractivity contribution in [3.05, 3.63) is 21.9 Å². The van der Waals surface area contributed by atoms with E-state index in [2.05, 4.69) is 45.1 Å². The first-order valence-corrected chi connectivity index (χ1v) is 8.79. The molecule has 114 valence electrons. The summed E-state index contributed by atoms with van der Waals surface area (Å²) in [5.41, 5.74) is 0.242. The van der Waals surface area contributed by atoms with Gasteiger partial charge < -0.3 is 10.1 Å². The maximum Gasteiger partial charge on any atom is 0.0777 e. The predicted molar refractivity (Wildman–Crippen MR) is 87.6 cm³/mol. The van der Waals surface area contributed by atoms with Crippen molar-refractivity contribution in [3.8, 4) is 0 Å². The molecule has 1 saturated heterocycles. The van der Waals surface area contributed by atoms with Crippen molar-refractivity contribution in [1.82, 2.24) is 5.32 Å². The van der Waals surface area contributed by atoms with E-state index in [0.717, 1.165) is 13.2 Å². The van der Waals surface area contributed by atoms with Gasteiger partial charge in [0, 0.05) is 16.4 Å². The largest absolute Gasteiger partial charge is 0.376 e. The molecular formula is C17H29NOS. The molecule has 1 fully saturated rings. The molecule has 2 rings (SSSR count). The lowest BCUT2D eigenvalue weighted by molar-refractivity contribution is -0.00740. The van der Waals surface area contributed by atoms with Crippen molar-refractivity contribution < 1.29 is 4.74 Å². The van der Waals surface area contributed by atoms with E-state index < -0.39 is 0 Å². The molecule has 1 aromatic heterocycles. The van der Waals surface area contributed by atoms with Gasteiger partial charge in [-0.15, -0.1) is 11.3 Å². The van der Waals surface area contributed by atoms with E-state index >= 15 is 0 Å². The van der Waals surface area contributed by atoms with Crippen molar-refractivity contribution in [2.24, 2.45) is 0 Å². The predicted octanol–water partition coefficient (Wildman–Crippen LogP) is 4.66. The number of hydrogen-bond donors (Lipinski definition) is 1. The number of rotatable bonds is 5. The average Bonchev–Trinajstić information content (AvgIpc) is 2.90. The Bertz CT molecular complexity index is 401. The lowest BCUT2D eigenvalue weighted by Crippen LogP contribution is -2.35. The highest BCUT2D eigenvalue weighted by Crippen LogP contribution is 2.35. The zero-order chi connectivity index (χ0) is 14.6. The van der Waals surface area contributed by atoms with Crippen LogP contribution in [0, 0.1) is 0 Å². The Balaban J connectivity index is 2.14. The van der Waals surface area contributed by atoms with E-state index in [1.54, 1.807) is 0 Å². The summed E-state index contributed by atoms with van der Waals surface area (Å²) in [6.07, 6.45) is 5.22. The van der Waals surface area contributed by atoms with Crippen LogP contribution in [0.2, 0.25) is 0 Å². The fraction of sp³-hybridized carbons (Fsp3) is 0.765. The van der Waals surface area contributed by atoms with Crippen LogP contribution in [0.5, 0.6) is 0 Å². The Morgan fingerprint density at radius 1 is 1.35 bits per heavy atom. The van der Waals surface area contributed by atoms with Crippen LogP contribution >= 0.6 is 11.3 Å². The Hall–Kier alpha value is -0.380. The van der Waals surface area contributed by atoms with Gasteiger partial charge in [-0.3, -0.25) is 0 Å². The van der Waals surface area contributed by atoms with E-state index in [1.807, 2.05) is 11.3 Å². The minimum absolute atomic E-state index is 0.242. The first kappa shape index (κ1) is 16.0. The summed E-state index contributed by atoms with van der Waals surface area (Å²) in [7, 11) is 0. The van der Waals surface area contributed by atoms with Gasteiger partial charge in [-0.1, -0.05) is 27.7 Å². The van der Waals surface area contributed by atoms with Crippen molar-refractivity contribution in [1.29, 1.82) is 0 Å². The van der Waals surface area contributed by atoms with E-state index in [4.69, 9.17) is 4.74 Å². The minimum Gasteiger partial charge on any atom is -0.376 e. The Morgan fingerprint density at radius 2 is 2.15 bits per heavy atom. The topological polar surface area (TPSA) is 21.3 Å². The molecule has 0 aromatic carbocycles. The summed E-state index contributed by atoms with van der Waals surface area (Å²) in [5, 5.41) is 3.71. The standard InChI is InChI=1S/C17H29NOS/c1-5-11-18-16(13-8-6-7-12-19-13)14-9-10-15(20-14)17(2,3)4/h9-10,13,16,18H,5-8,11-12H2,1-4H3. The minimum atomic E-state index is 0.242. The highest BCUT2D eigenvalue weighted by molar-refractivity contribution is 7.12. The molecule has 1 N–H and O–H groups in total. The molecule has 0 amide bonds. The smallest absolute Gasteiger partial charge is 0.0777 e. The molecule has 2 unspecified atom stereocenters. The Kier molecular flexibility index (Phi) is 5.65. The highest BCUT2D eigenvalue weighted by Gasteiger charge is 2.28. The van der Waals surface area contributed by atoms with Gasteiger partial charge in [0.2, 0.25) is 0 Å². The molecule has 1 aliphatic heterocycles. The zero-order valence-corrected chi connectivity index (χ0v) is 14.2. The van der Waals surface area contributed by atoms with E-state index in [1.165, 1.54) is 35.4 Å². The number of ether oxygens (including phenoxy) is 1. The third-order valence-electron chi connectivity index (χ3n) is 3.87. The molecule has 2 heterocycles. The molecule has 0 radical (unpaired) electrons. The molecular weight excluding hydrogens is 266 g/mol.